The van der Waals surface area contributed by atoms with Crippen molar-refractivity contribution in [1.29, 1.82) is 0 Å². The van der Waals surface area contributed by atoms with E-state index in [0.717, 1.165) is 47.4 Å². The van der Waals surface area contributed by atoms with Gasteiger partial charge in [0.15, 0.2) is 5.65 Å². The van der Waals surface area contributed by atoms with E-state index in [4.69, 9.17) is 0 Å². The number of aromatic nitrogens is 3. The van der Waals surface area contributed by atoms with Crippen LogP contribution in [0.1, 0.15) is 24.7 Å². The number of likely N-dealkylation sites (N-methyl/N-ethyl adjacent to an activating group) is 1. The van der Waals surface area contributed by atoms with E-state index in [2.05, 4.69) is 44.3 Å². The quantitative estimate of drug-likeness (QED) is 0.920. The van der Waals surface area contributed by atoms with E-state index in [-0.39, 0.29) is 0 Å². The molecule has 5 heteroatoms. The van der Waals surface area contributed by atoms with Crippen LogP contribution in [-0.4, -0.2) is 28.2 Å². The van der Waals surface area contributed by atoms with Crippen LogP contribution in [0.15, 0.2) is 16.7 Å². The van der Waals surface area contributed by atoms with Gasteiger partial charge in [0, 0.05) is 13.0 Å². The fourth-order valence-corrected chi connectivity index (χ4v) is 2.33. The van der Waals surface area contributed by atoms with Gasteiger partial charge in [-0.3, -0.25) is 0 Å². The van der Waals surface area contributed by atoms with E-state index < -0.39 is 0 Å². The summed E-state index contributed by atoms with van der Waals surface area (Å²) in [4.78, 5) is 4.56. The molecule has 0 saturated carbocycles. The fourth-order valence-electron chi connectivity index (χ4n) is 1.78. The molecule has 2 aromatic heterocycles. The van der Waals surface area contributed by atoms with Crippen molar-refractivity contribution in [3.8, 4) is 0 Å². The van der Waals surface area contributed by atoms with Gasteiger partial charge in [-0.1, -0.05) is 13.3 Å². The SMILES string of the molecule is CCCc1ccc2nc(CCNC)c(Br)n2n1. The molecule has 0 aliphatic heterocycles. The van der Waals surface area contributed by atoms with Gasteiger partial charge in [-0.05, 0) is 41.5 Å². The number of nitrogens with one attached hydrogen (secondary N) is 1. The zero-order chi connectivity index (χ0) is 12.3. The second-order valence-electron chi connectivity index (χ2n) is 4.05. The van der Waals surface area contributed by atoms with Gasteiger partial charge in [0.25, 0.3) is 0 Å². The maximum atomic E-state index is 4.58. The Hall–Kier alpha value is -0.940. The lowest BCUT2D eigenvalue weighted by Gasteiger charge is -1.99. The Balaban J connectivity index is 2.36. The van der Waals surface area contributed by atoms with Crippen molar-refractivity contribution < 1.29 is 0 Å². The zero-order valence-electron chi connectivity index (χ0n) is 10.2. The minimum Gasteiger partial charge on any atom is -0.319 e. The van der Waals surface area contributed by atoms with Gasteiger partial charge in [0.05, 0.1) is 11.4 Å². The molecule has 0 aromatic carbocycles. The number of nitrogens with zero attached hydrogens (tertiary/aromatic N) is 3. The molecule has 0 amide bonds. The first-order chi connectivity index (χ1) is 8.26. The number of halogens is 1. The minimum atomic E-state index is 0.905. The van der Waals surface area contributed by atoms with Crippen molar-refractivity contribution in [2.75, 3.05) is 13.6 Å². The molecule has 0 unspecified atom stereocenters. The highest BCUT2D eigenvalue weighted by atomic mass is 79.9. The first-order valence-corrected chi connectivity index (χ1v) is 6.73. The molecule has 4 nitrogen and oxygen atoms in total. The van der Waals surface area contributed by atoms with Crippen molar-refractivity contribution in [3.63, 3.8) is 0 Å². The second-order valence-corrected chi connectivity index (χ2v) is 4.80. The average Bonchev–Trinajstić information content (AvgIpc) is 2.64. The van der Waals surface area contributed by atoms with Crippen LogP contribution >= 0.6 is 15.9 Å². The van der Waals surface area contributed by atoms with Crippen molar-refractivity contribution in [3.05, 3.63) is 28.1 Å². The molecule has 0 radical (unpaired) electrons. The van der Waals surface area contributed by atoms with E-state index >= 15 is 0 Å². The second kappa shape index (κ2) is 5.60. The summed E-state index contributed by atoms with van der Waals surface area (Å²) >= 11 is 3.58. The summed E-state index contributed by atoms with van der Waals surface area (Å²) in [5, 5.41) is 7.71. The molecule has 0 aliphatic carbocycles. The summed E-state index contributed by atoms with van der Waals surface area (Å²) in [5.41, 5.74) is 3.07. The summed E-state index contributed by atoms with van der Waals surface area (Å²) in [6, 6.07) is 4.09. The Bertz CT molecular complexity index is 506. The molecule has 17 heavy (non-hydrogen) atoms. The van der Waals surface area contributed by atoms with E-state index in [9.17, 15) is 0 Å². The standard InChI is InChI=1S/C12H17BrN4/c1-3-4-9-5-6-11-15-10(7-8-14-2)12(13)17(11)16-9/h5-6,14H,3-4,7-8H2,1-2H3. The summed E-state index contributed by atoms with van der Waals surface area (Å²) in [6.45, 7) is 3.08. The number of aryl methyl sites for hydroxylation is 1. The molecule has 92 valence electrons. The lowest BCUT2D eigenvalue weighted by Crippen LogP contribution is -2.10. The highest BCUT2D eigenvalue weighted by molar-refractivity contribution is 9.10. The molecule has 0 atom stereocenters. The molecule has 0 bridgehead atoms. The maximum Gasteiger partial charge on any atom is 0.155 e. The topological polar surface area (TPSA) is 42.2 Å². The number of hydrogen-bond donors (Lipinski definition) is 1. The molecule has 2 heterocycles. The predicted molar refractivity (Wildman–Crippen MR) is 72.3 cm³/mol. The van der Waals surface area contributed by atoms with Crippen LogP contribution in [0.2, 0.25) is 0 Å². The van der Waals surface area contributed by atoms with Crippen LogP contribution in [0.4, 0.5) is 0 Å². The van der Waals surface area contributed by atoms with Gasteiger partial charge in [-0.25, -0.2) is 9.50 Å². The number of rotatable bonds is 5. The third-order valence-corrected chi connectivity index (χ3v) is 3.46. The van der Waals surface area contributed by atoms with Crippen LogP contribution in [0.25, 0.3) is 5.65 Å². The third-order valence-electron chi connectivity index (χ3n) is 2.66. The van der Waals surface area contributed by atoms with Gasteiger partial charge >= 0.3 is 0 Å². The third kappa shape index (κ3) is 2.66. The number of hydrogen-bond acceptors (Lipinski definition) is 3. The Morgan fingerprint density at radius 3 is 2.88 bits per heavy atom. The van der Waals surface area contributed by atoms with Crippen LogP contribution in [0, 0.1) is 0 Å². The van der Waals surface area contributed by atoms with E-state index in [1.807, 2.05) is 17.6 Å². The highest BCUT2D eigenvalue weighted by Gasteiger charge is 2.10. The molecule has 0 saturated heterocycles. The minimum absolute atomic E-state index is 0.905. The molecule has 0 aliphatic rings. The van der Waals surface area contributed by atoms with Crippen LogP contribution in [-0.2, 0) is 12.8 Å². The van der Waals surface area contributed by atoms with Gasteiger partial charge in [0.2, 0.25) is 0 Å². The Morgan fingerprint density at radius 1 is 1.35 bits per heavy atom. The first-order valence-electron chi connectivity index (χ1n) is 5.94. The Kier molecular flexibility index (Phi) is 4.12. The molecular weight excluding hydrogens is 280 g/mol. The smallest absolute Gasteiger partial charge is 0.155 e. The monoisotopic (exact) mass is 296 g/mol. The number of fused-ring (bicyclic) bond motifs is 1. The van der Waals surface area contributed by atoms with Crippen molar-refractivity contribution >= 4 is 21.6 Å². The largest absolute Gasteiger partial charge is 0.319 e. The van der Waals surface area contributed by atoms with Gasteiger partial charge < -0.3 is 5.32 Å². The lowest BCUT2D eigenvalue weighted by molar-refractivity contribution is 0.770. The molecule has 0 fully saturated rings. The van der Waals surface area contributed by atoms with Crippen LogP contribution in [0.5, 0.6) is 0 Å². The van der Waals surface area contributed by atoms with E-state index in [1.54, 1.807) is 0 Å². The lowest BCUT2D eigenvalue weighted by atomic mass is 10.2. The average molecular weight is 297 g/mol. The zero-order valence-corrected chi connectivity index (χ0v) is 11.8. The van der Waals surface area contributed by atoms with Gasteiger partial charge in [-0.2, -0.15) is 5.10 Å². The van der Waals surface area contributed by atoms with E-state index in [1.165, 1.54) is 0 Å². The normalized spacial score (nSPS) is 11.2. The molecule has 0 spiro atoms. The summed E-state index contributed by atoms with van der Waals surface area (Å²) in [5.74, 6) is 0. The maximum absolute atomic E-state index is 4.58. The Morgan fingerprint density at radius 2 is 2.18 bits per heavy atom. The molecule has 2 aromatic rings. The van der Waals surface area contributed by atoms with Crippen LogP contribution < -0.4 is 5.32 Å². The molecule has 1 N–H and O–H groups in total. The van der Waals surface area contributed by atoms with Crippen LogP contribution in [0.3, 0.4) is 0 Å². The summed E-state index contributed by atoms with van der Waals surface area (Å²) < 4.78 is 2.86. The van der Waals surface area contributed by atoms with Crippen molar-refractivity contribution in [2.24, 2.45) is 0 Å². The van der Waals surface area contributed by atoms with Gasteiger partial charge in [-0.15, -0.1) is 0 Å². The first kappa shape index (κ1) is 12.5. The summed E-state index contributed by atoms with van der Waals surface area (Å²) in [6.07, 6.45) is 3.02. The highest BCUT2D eigenvalue weighted by Crippen LogP contribution is 2.18. The predicted octanol–water partition coefficient (Wildman–Crippen LogP) is 2.21. The molecular formula is C12H17BrN4. The van der Waals surface area contributed by atoms with E-state index in [0.29, 0.717) is 0 Å². The van der Waals surface area contributed by atoms with Crippen molar-refractivity contribution in [2.45, 2.75) is 26.2 Å². The van der Waals surface area contributed by atoms with Gasteiger partial charge in [0.1, 0.15) is 4.60 Å². The van der Waals surface area contributed by atoms with Crippen molar-refractivity contribution in [1.82, 2.24) is 19.9 Å². The number of imidazole rings is 1. The Labute approximate surface area is 110 Å². The molecule has 2 rings (SSSR count). The fraction of sp³-hybridized carbons (Fsp3) is 0.500. The summed E-state index contributed by atoms with van der Waals surface area (Å²) in [7, 11) is 1.95.